The topological polar surface area (TPSA) is 108 Å². The fourth-order valence-electron chi connectivity index (χ4n) is 2.36. The van der Waals surface area contributed by atoms with Crippen molar-refractivity contribution in [2.75, 3.05) is 39.9 Å². The van der Waals surface area contributed by atoms with Crippen molar-refractivity contribution in [1.82, 2.24) is 16.0 Å². The molecule has 4 N–H and O–H groups in total. The number of rotatable bonds is 9. The standard InChI is InChI=1S/C17H30N4O4.HI/c1-6-18-16(20-10-15(22)19-7-8-24-5)21-11-17(4,23)14-9-12(2)25-13(14)3;/h9,23H,6-8,10-11H2,1-5H3,(H,19,22)(H2,18,20,21);1H. The van der Waals surface area contributed by atoms with E-state index < -0.39 is 5.60 Å². The lowest BCUT2D eigenvalue weighted by atomic mass is 9.96. The lowest BCUT2D eigenvalue weighted by molar-refractivity contribution is -0.119. The molecule has 9 heteroatoms. The molecule has 0 fully saturated rings. The Morgan fingerprint density at radius 3 is 2.58 bits per heavy atom. The van der Waals surface area contributed by atoms with Crippen LogP contribution in [-0.2, 0) is 15.1 Å². The third-order valence-electron chi connectivity index (χ3n) is 3.57. The summed E-state index contributed by atoms with van der Waals surface area (Å²) in [6.45, 7) is 9.06. The molecule has 8 nitrogen and oxygen atoms in total. The number of nitrogens with one attached hydrogen (secondary N) is 3. The van der Waals surface area contributed by atoms with Crippen molar-refractivity contribution >= 4 is 35.8 Å². The number of aliphatic imine (C=N–C) groups is 1. The van der Waals surface area contributed by atoms with Gasteiger partial charge < -0.3 is 30.2 Å². The van der Waals surface area contributed by atoms with Gasteiger partial charge >= 0.3 is 0 Å². The summed E-state index contributed by atoms with van der Waals surface area (Å²) in [5, 5.41) is 19.5. The van der Waals surface area contributed by atoms with Gasteiger partial charge in [-0.1, -0.05) is 0 Å². The molecule has 1 rings (SSSR count). The second kappa shape index (κ2) is 12.1. The summed E-state index contributed by atoms with van der Waals surface area (Å²) in [5.74, 6) is 1.70. The zero-order valence-electron chi connectivity index (χ0n) is 16.1. The van der Waals surface area contributed by atoms with Gasteiger partial charge in [-0.05, 0) is 33.8 Å². The minimum atomic E-state index is -1.13. The van der Waals surface area contributed by atoms with Crippen molar-refractivity contribution in [1.29, 1.82) is 0 Å². The predicted octanol–water partition coefficient (Wildman–Crippen LogP) is 1.04. The zero-order valence-corrected chi connectivity index (χ0v) is 18.5. The molecular formula is C17H31IN4O4. The number of furan rings is 1. The van der Waals surface area contributed by atoms with Crippen LogP contribution in [0.5, 0.6) is 0 Å². The molecule has 26 heavy (non-hydrogen) atoms. The summed E-state index contributed by atoms with van der Waals surface area (Å²) in [4.78, 5) is 15.9. The highest BCUT2D eigenvalue weighted by molar-refractivity contribution is 14.0. The van der Waals surface area contributed by atoms with Gasteiger partial charge in [0.25, 0.3) is 0 Å². The molecule has 0 saturated heterocycles. The highest BCUT2D eigenvalue weighted by atomic mass is 127. The SMILES string of the molecule is CCNC(=NCC(=O)NCCOC)NCC(C)(O)c1cc(C)oc1C.I. The number of aryl methyl sites for hydroxylation is 2. The maximum atomic E-state index is 11.7. The van der Waals surface area contributed by atoms with Gasteiger partial charge in [0, 0.05) is 25.8 Å². The number of halogens is 1. The van der Waals surface area contributed by atoms with Gasteiger partial charge in [-0.25, -0.2) is 4.99 Å². The van der Waals surface area contributed by atoms with Gasteiger partial charge in [0.2, 0.25) is 5.91 Å². The first-order valence-corrected chi connectivity index (χ1v) is 8.37. The number of nitrogens with zero attached hydrogens (tertiary/aromatic N) is 1. The van der Waals surface area contributed by atoms with Crippen molar-refractivity contribution in [2.24, 2.45) is 4.99 Å². The summed E-state index contributed by atoms with van der Waals surface area (Å²) in [6.07, 6.45) is 0. The maximum absolute atomic E-state index is 11.7. The number of carbonyl (C=O) groups excluding carboxylic acids is 1. The lowest BCUT2D eigenvalue weighted by Crippen LogP contribution is -2.45. The molecule has 1 atom stereocenters. The van der Waals surface area contributed by atoms with Crippen molar-refractivity contribution in [3.8, 4) is 0 Å². The third kappa shape index (κ3) is 8.37. The molecule has 0 aliphatic heterocycles. The summed E-state index contributed by atoms with van der Waals surface area (Å²) in [6, 6.07) is 1.82. The van der Waals surface area contributed by atoms with Gasteiger partial charge in [0.1, 0.15) is 23.7 Å². The molecule has 150 valence electrons. The second-order valence-corrected chi connectivity index (χ2v) is 5.99. The first kappa shape index (κ1) is 24.7. The van der Waals surface area contributed by atoms with Crippen LogP contribution in [0.15, 0.2) is 15.5 Å². The van der Waals surface area contributed by atoms with E-state index in [4.69, 9.17) is 9.15 Å². The zero-order chi connectivity index (χ0) is 18.9. The molecule has 1 aromatic heterocycles. The highest BCUT2D eigenvalue weighted by Crippen LogP contribution is 2.26. The van der Waals surface area contributed by atoms with Crippen LogP contribution in [0.3, 0.4) is 0 Å². The van der Waals surface area contributed by atoms with E-state index in [0.29, 0.717) is 31.4 Å². The molecule has 0 bridgehead atoms. The minimum absolute atomic E-state index is 0. The van der Waals surface area contributed by atoms with Crippen LogP contribution in [0.25, 0.3) is 0 Å². The van der Waals surface area contributed by atoms with Gasteiger partial charge in [-0.3, -0.25) is 4.79 Å². The fourth-order valence-corrected chi connectivity index (χ4v) is 2.36. The van der Waals surface area contributed by atoms with Gasteiger partial charge in [-0.2, -0.15) is 0 Å². The van der Waals surface area contributed by atoms with Crippen LogP contribution >= 0.6 is 24.0 Å². The van der Waals surface area contributed by atoms with Crippen LogP contribution in [-0.4, -0.2) is 56.9 Å². The van der Waals surface area contributed by atoms with E-state index in [0.717, 1.165) is 11.3 Å². The third-order valence-corrected chi connectivity index (χ3v) is 3.57. The van der Waals surface area contributed by atoms with Crippen LogP contribution in [0.4, 0.5) is 0 Å². The Labute approximate surface area is 172 Å². The van der Waals surface area contributed by atoms with Crippen molar-refractivity contribution < 1.29 is 19.1 Å². The van der Waals surface area contributed by atoms with Crippen LogP contribution in [0, 0.1) is 13.8 Å². The fraction of sp³-hybridized carbons (Fsp3) is 0.647. The van der Waals surface area contributed by atoms with E-state index in [-0.39, 0.29) is 43.0 Å². The molecular weight excluding hydrogens is 451 g/mol. The molecule has 0 radical (unpaired) electrons. The number of aliphatic hydroxyl groups is 1. The van der Waals surface area contributed by atoms with Gasteiger partial charge in [-0.15, -0.1) is 24.0 Å². The summed E-state index contributed by atoms with van der Waals surface area (Å²) >= 11 is 0. The Balaban J connectivity index is 0.00000625. The molecule has 0 aliphatic rings. The average Bonchev–Trinajstić information content (AvgIpc) is 2.90. The Morgan fingerprint density at radius 1 is 1.35 bits per heavy atom. The first-order chi connectivity index (χ1) is 11.8. The van der Waals surface area contributed by atoms with E-state index >= 15 is 0 Å². The molecule has 1 amide bonds. The Bertz CT molecular complexity index is 587. The van der Waals surface area contributed by atoms with E-state index in [1.807, 2.05) is 26.8 Å². The minimum Gasteiger partial charge on any atom is -0.466 e. The maximum Gasteiger partial charge on any atom is 0.241 e. The molecule has 0 saturated carbocycles. The number of methoxy groups -OCH3 is 1. The highest BCUT2D eigenvalue weighted by Gasteiger charge is 2.27. The molecule has 1 unspecified atom stereocenters. The number of hydrogen-bond acceptors (Lipinski definition) is 5. The second-order valence-electron chi connectivity index (χ2n) is 5.99. The van der Waals surface area contributed by atoms with Gasteiger partial charge in [0.15, 0.2) is 5.96 Å². The van der Waals surface area contributed by atoms with Crippen molar-refractivity contribution in [3.63, 3.8) is 0 Å². The quantitative estimate of drug-likeness (QED) is 0.181. The van der Waals surface area contributed by atoms with E-state index in [2.05, 4.69) is 20.9 Å². The molecule has 0 aromatic carbocycles. The van der Waals surface area contributed by atoms with Crippen molar-refractivity contribution in [3.05, 3.63) is 23.2 Å². The van der Waals surface area contributed by atoms with Crippen LogP contribution in [0.1, 0.15) is 30.9 Å². The Hall–Kier alpha value is -1.33. The first-order valence-electron chi connectivity index (χ1n) is 8.37. The molecule has 1 heterocycles. The monoisotopic (exact) mass is 482 g/mol. The number of ether oxygens (including phenoxy) is 1. The normalized spacial score (nSPS) is 13.5. The summed E-state index contributed by atoms with van der Waals surface area (Å²) < 4.78 is 10.4. The largest absolute Gasteiger partial charge is 0.466 e. The average molecular weight is 482 g/mol. The smallest absolute Gasteiger partial charge is 0.241 e. The lowest BCUT2D eigenvalue weighted by Gasteiger charge is -2.24. The summed E-state index contributed by atoms with van der Waals surface area (Å²) in [5.41, 5.74) is -0.399. The predicted molar refractivity (Wildman–Crippen MR) is 112 cm³/mol. The Kier molecular flexibility index (Phi) is 11.5. The number of amides is 1. The summed E-state index contributed by atoms with van der Waals surface area (Å²) in [7, 11) is 1.58. The van der Waals surface area contributed by atoms with Gasteiger partial charge in [0.05, 0.1) is 13.2 Å². The number of guanidine groups is 1. The van der Waals surface area contributed by atoms with E-state index in [1.54, 1.807) is 14.0 Å². The Morgan fingerprint density at radius 2 is 2.04 bits per heavy atom. The number of hydrogen-bond donors (Lipinski definition) is 4. The molecule has 1 aromatic rings. The molecule has 0 spiro atoms. The molecule has 0 aliphatic carbocycles. The van der Waals surface area contributed by atoms with Crippen LogP contribution < -0.4 is 16.0 Å². The van der Waals surface area contributed by atoms with Crippen LogP contribution in [0.2, 0.25) is 0 Å². The van der Waals surface area contributed by atoms with Crippen molar-refractivity contribution in [2.45, 2.75) is 33.3 Å². The van der Waals surface area contributed by atoms with E-state index in [9.17, 15) is 9.90 Å². The number of carbonyl (C=O) groups is 1. The van der Waals surface area contributed by atoms with E-state index in [1.165, 1.54) is 0 Å².